The van der Waals surface area contributed by atoms with Gasteiger partial charge in [-0.15, -0.1) is 0 Å². The molecule has 1 N–H and O–H groups in total. The van der Waals surface area contributed by atoms with Crippen LogP contribution in [-0.4, -0.2) is 11.5 Å². The summed E-state index contributed by atoms with van der Waals surface area (Å²) in [4.78, 5) is 4.19. The van der Waals surface area contributed by atoms with Crippen molar-refractivity contribution in [3.05, 3.63) is 28.5 Å². The fourth-order valence-electron chi connectivity index (χ4n) is 1.81. The number of hydrogen-bond donors (Lipinski definition) is 1. The molecule has 1 saturated carbocycles. The van der Waals surface area contributed by atoms with Crippen LogP contribution in [0.2, 0.25) is 5.15 Å². The molecule has 0 unspecified atom stereocenters. The van der Waals surface area contributed by atoms with Crippen molar-refractivity contribution in [1.29, 1.82) is 0 Å². The third kappa shape index (κ3) is 2.96. The van der Waals surface area contributed by atoms with Crippen LogP contribution in [0.15, 0.2) is 12.1 Å². The van der Waals surface area contributed by atoms with Crippen molar-refractivity contribution < 1.29 is 0 Å². The van der Waals surface area contributed by atoms with E-state index in [1.165, 1.54) is 18.4 Å². The van der Waals surface area contributed by atoms with Gasteiger partial charge in [0.2, 0.25) is 0 Å². The molecule has 0 amide bonds. The largest absolute Gasteiger partial charge is 0.308 e. The van der Waals surface area contributed by atoms with Crippen molar-refractivity contribution in [2.24, 2.45) is 5.92 Å². The molecule has 0 aromatic carbocycles. The van der Waals surface area contributed by atoms with E-state index in [9.17, 15) is 0 Å². The van der Waals surface area contributed by atoms with Gasteiger partial charge in [0, 0.05) is 11.2 Å². The van der Waals surface area contributed by atoms with E-state index in [1.807, 2.05) is 13.0 Å². The summed E-state index contributed by atoms with van der Waals surface area (Å²) in [7, 11) is 0. The first-order valence-corrected chi connectivity index (χ1v) is 6.25. The first kappa shape index (κ1) is 11.9. The fourth-order valence-corrected chi connectivity index (χ4v) is 2.06. The van der Waals surface area contributed by atoms with Crippen LogP contribution in [0.5, 0.6) is 0 Å². The SMILES string of the molecule is Cc1cc(C(C)(C)NCC2CC2)cc(Cl)n1. The summed E-state index contributed by atoms with van der Waals surface area (Å²) in [5.74, 6) is 0.887. The van der Waals surface area contributed by atoms with Crippen molar-refractivity contribution >= 4 is 11.6 Å². The van der Waals surface area contributed by atoms with Crippen molar-refractivity contribution in [2.75, 3.05) is 6.54 Å². The van der Waals surface area contributed by atoms with E-state index in [0.717, 1.165) is 18.2 Å². The van der Waals surface area contributed by atoms with Crippen LogP contribution >= 0.6 is 11.6 Å². The predicted molar refractivity (Wildman–Crippen MR) is 67.7 cm³/mol. The molecule has 1 aliphatic rings. The molecule has 1 aromatic rings. The lowest BCUT2D eigenvalue weighted by atomic mass is 9.94. The summed E-state index contributed by atoms with van der Waals surface area (Å²) in [6, 6.07) is 4.06. The first-order chi connectivity index (χ1) is 7.47. The Morgan fingerprint density at radius 2 is 2.12 bits per heavy atom. The number of aromatic nitrogens is 1. The van der Waals surface area contributed by atoms with Crippen LogP contribution in [-0.2, 0) is 5.54 Å². The van der Waals surface area contributed by atoms with Gasteiger partial charge in [0.1, 0.15) is 5.15 Å². The van der Waals surface area contributed by atoms with Gasteiger partial charge in [-0.2, -0.15) is 0 Å². The zero-order valence-corrected chi connectivity index (χ0v) is 10.9. The van der Waals surface area contributed by atoms with Crippen LogP contribution in [0.3, 0.4) is 0 Å². The minimum atomic E-state index is -0.0278. The zero-order valence-electron chi connectivity index (χ0n) is 10.2. The van der Waals surface area contributed by atoms with Crippen molar-refractivity contribution in [2.45, 2.75) is 39.2 Å². The molecule has 0 atom stereocenters. The molecule has 3 heteroatoms. The highest BCUT2D eigenvalue weighted by atomic mass is 35.5. The maximum atomic E-state index is 5.99. The van der Waals surface area contributed by atoms with E-state index in [2.05, 4.69) is 30.2 Å². The van der Waals surface area contributed by atoms with E-state index in [0.29, 0.717) is 5.15 Å². The van der Waals surface area contributed by atoms with Gasteiger partial charge < -0.3 is 5.32 Å². The normalized spacial score (nSPS) is 16.5. The monoisotopic (exact) mass is 238 g/mol. The number of aryl methyl sites for hydroxylation is 1. The van der Waals surface area contributed by atoms with E-state index in [1.54, 1.807) is 0 Å². The lowest BCUT2D eigenvalue weighted by Gasteiger charge is -2.27. The van der Waals surface area contributed by atoms with Gasteiger partial charge in [-0.05, 0) is 63.8 Å². The Bertz CT molecular complexity index is 363. The van der Waals surface area contributed by atoms with E-state index < -0.39 is 0 Å². The molecule has 16 heavy (non-hydrogen) atoms. The predicted octanol–water partition coefficient (Wildman–Crippen LogP) is 3.28. The lowest BCUT2D eigenvalue weighted by Crippen LogP contribution is -2.37. The summed E-state index contributed by atoms with van der Waals surface area (Å²) in [6.45, 7) is 7.47. The molecule has 0 aliphatic heterocycles. The molecule has 0 bridgehead atoms. The van der Waals surface area contributed by atoms with Crippen LogP contribution < -0.4 is 5.32 Å². The summed E-state index contributed by atoms with van der Waals surface area (Å²) in [5, 5.41) is 4.19. The number of nitrogens with one attached hydrogen (secondary N) is 1. The van der Waals surface area contributed by atoms with Gasteiger partial charge in [0.25, 0.3) is 0 Å². The Labute approximate surface area is 102 Å². The van der Waals surface area contributed by atoms with Gasteiger partial charge in [0.05, 0.1) is 0 Å². The molecule has 1 heterocycles. The second-order valence-corrected chi connectivity index (χ2v) is 5.66. The van der Waals surface area contributed by atoms with Crippen molar-refractivity contribution in [1.82, 2.24) is 10.3 Å². The molecule has 0 saturated heterocycles. The maximum Gasteiger partial charge on any atom is 0.129 e. The molecular weight excluding hydrogens is 220 g/mol. The van der Waals surface area contributed by atoms with Crippen molar-refractivity contribution in [3.8, 4) is 0 Å². The lowest BCUT2D eigenvalue weighted by molar-refractivity contribution is 0.394. The quantitative estimate of drug-likeness (QED) is 0.815. The third-order valence-corrected chi connectivity index (χ3v) is 3.37. The van der Waals surface area contributed by atoms with Gasteiger partial charge in [-0.3, -0.25) is 0 Å². The van der Waals surface area contributed by atoms with E-state index >= 15 is 0 Å². The molecule has 0 radical (unpaired) electrons. The standard InChI is InChI=1S/C13H19ClN2/c1-9-6-11(7-12(14)16-9)13(2,3)15-8-10-4-5-10/h6-7,10,15H,4-5,8H2,1-3H3. The minimum Gasteiger partial charge on any atom is -0.308 e. The maximum absolute atomic E-state index is 5.99. The van der Waals surface area contributed by atoms with Gasteiger partial charge in [-0.25, -0.2) is 4.98 Å². The summed E-state index contributed by atoms with van der Waals surface area (Å²) >= 11 is 5.99. The molecular formula is C13H19ClN2. The number of rotatable bonds is 4. The Kier molecular flexibility index (Phi) is 3.22. The zero-order chi connectivity index (χ0) is 11.8. The van der Waals surface area contributed by atoms with Crippen LogP contribution in [0.25, 0.3) is 0 Å². The molecule has 2 nitrogen and oxygen atoms in total. The number of halogens is 1. The average molecular weight is 239 g/mol. The second-order valence-electron chi connectivity index (χ2n) is 5.27. The molecule has 88 valence electrons. The summed E-state index contributed by atoms with van der Waals surface area (Å²) in [5.41, 5.74) is 2.16. The van der Waals surface area contributed by atoms with Gasteiger partial charge in [0.15, 0.2) is 0 Å². The summed E-state index contributed by atoms with van der Waals surface area (Å²) in [6.07, 6.45) is 2.75. The van der Waals surface area contributed by atoms with Crippen LogP contribution in [0.1, 0.15) is 37.9 Å². The number of hydrogen-bond acceptors (Lipinski definition) is 2. The van der Waals surface area contributed by atoms with Gasteiger partial charge in [-0.1, -0.05) is 11.6 Å². The first-order valence-electron chi connectivity index (χ1n) is 5.87. The van der Waals surface area contributed by atoms with Crippen molar-refractivity contribution in [3.63, 3.8) is 0 Å². The molecule has 2 rings (SSSR count). The highest BCUT2D eigenvalue weighted by Crippen LogP contribution is 2.30. The highest BCUT2D eigenvalue weighted by Gasteiger charge is 2.26. The molecule has 1 aliphatic carbocycles. The summed E-state index contributed by atoms with van der Waals surface area (Å²) < 4.78 is 0. The van der Waals surface area contributed by atoms with Crippen LogP contribution in [0.4, 0.5) is 0 Å². The Balaban J connectivity index is 2.12. The minimum absolute atomic E-state index is 0.0278. The average Bonchev–Trinajstić information content (AvgIpc) is 2.96. The third-order valence-electron chi connectivity index (χ3n) is 3.17. The smallest absolute Gasteiger partial charge is 0.129 e. The van der Waals surface area contributed by atoms with E-state index in [4.69, 9.17) is 11.6 Å². The number of pyridine rings is 1. The molecule has 1 aromatic heterocycles. The van der Waals surface area contributed by atoms with E-state index in [-0.39, 0.29) is 5.54 Å². The number of nitrogens with zero attached hydrogens (tertiary/aromatic N) is 1. The Hall–Kier alpha value is -0.600. The molecule has 0 spiro atoms. The fraction of sp³-hybridized carbons (Fsp3) is 0.615. The Morgan fingerprint density at radius 3 is 2.69 bits per heavy atom. The Morgan fingerprint density at radius 1 is 1.44 bits per heavy atom. The van der Waals surface area contributed by atoms with Gasteiger partial charge >= 0.3 is 0 Å². The molecule has 1 fully saturated rings. The topological polar surface area (TPSA) is 24.9 Å². The van der Waals surface area contributed by atoms with Crippen LogP contribution in [0, 0.1) is 12.8 Å². The highest BCUT2D eigenvalue weighted by molar-refractivity contribution is 6.29. The second kappa shape index (κ2) is 4.34.